The van der Waals surface area contributed by atoms with E-state index in [1.54, 1.807) is 29.2 Å². The van der Waals surface area contributed by atoms with Crippen LogP contribution in [0.1, 0.15) is 21.5 Å². The SMILES string of the molecule is Cc1ccc(NC(=O)CSCC(=O)Nc2ccc(C(=O)N3CCc4ccccc43)cc2)cc1. The Labute approximate surface area is 197 Å². The predicted molar refractivity (Wildman–Crippen MR) is 134 cm³/mol. The maximum Gasteiger partial charge on any atom is 0.258 e. The van der Waals surface area contributed by atoms with Gasteiger partial charge in [-0.2, -0.15) is 0 Å². The van der Waals surface area contributed by atoms with E-state index in [9.17, 15) is 14.4 Å². The average molecular weight is 460 g/mol. The van der Waals surface area contributed by atoms with Crippen LogP contribution in [0.3, 0.4) is 0 Å². The molecule has 3 amide bonds. The maximum atomic E-state index is 12.9. The first-order valence-electron chi connectivity index (χ1n) is 10.7. The second kappa shape index (κ2) is 10.4. The van der Waals surface area contributed by atoms with E-state index in [-0.39, 0.29) is 29.2 Å². The Hall–Kier alpha value is -3.58. The summed E-state index contributed by atoms with van der Waals surface area (Å²) in [6.07, 6.45) is 0.858. The van der Waals surface area contributed by atoms with Crippen molar-refractivity contribution in [2.45, 2.75) is 13.3 Å². The number of rotatable bonds is 7. The Morgan fingerprint density at radius 1 is 0.818 bits per heavy atom. The van der Waals surface area contributed by atoms with Crippen LogP contribution >= 0.6 is 11.8 Å². The summed E-state index contributed by atoms with van der Waals surface area (Å²) in [5, 5.41) is 5.62. The molecule has 6 nitrogen and oxygen atoms in total. The van der Waals surface area contributed by atoms with Crippen molar-refractivity contribution in [3.8, 4) is 0 Å². The van der Waals surface area contributed by atoms with Crippen LogP contribution in [0.5, 0.6) is 0 Å². The van der Waals surface area contributed by atoms with Gasteiger partial charge in [-0.25, -0.2) is 0 Å². The molecule has 0 saturated carbocycles. The molecule has 0 fully saturated rings. The fourth-order valence-corrected chi connectivity index (χ4v) is 4.29. The minimum Gasteiger partial charge on any atom is -0.325 e. The van der Waals surface area contributed by atoms with Crippen molar-refractivity contribution in [2.75, 3.05) is 33.6 Å². The number of para-hydroxylation sites is 1. The van der Waals surface area contributed by atoms with Gasteiger partial charge in [0.1, 0.15) is 0 Å². The van der Waals surface area contributed by atoms with Crippen LogP contribution in [0.15, 0.2) is 72.8 Å². The van der Waals surface area contributed by atoms with E-state index in [1.807, 2.05) is 55.5 Å². The fraction of sp³-hybridized carbons (Fsp3) is 0.192. The Balaban J connectivity index is 1.23. The zero-order chi connectivity index (χ0) is 23.2. The van der Waals surface area contributed by atoms with Crippen LogP contribution in [0.2, 0.25) is 0 Å². The zero-order valence-electron chi connectivity index (χ0n) is 18.3. The molecule has 0 spiro atoms. The number of hydrogen-bond acceptors (Lipinski definition) is 4. The highest BCUT2D eigenvalue weighted by molar-refractivity contribution is 8.00. The molecule has 168 valence electrons. The summed E-state index contributed by atoms with van der Waals surface area (Å²) in [5.41, 5.74) is 5.19. The van der Waals surface area contributed by atoms with Crippen molar-refractivity contribution in [3.63, 3.8) is 0 Å². The Morgan fingerprint density at radius 2 is 1.39 bits per heavy atom. The standard InChI is InChI=1S/C26H25N3O3S/c1-18-6-10-21(11-7-18)27-24(30)16-33-17-25(31)28-22-12-8-20(9-13-22)26(32)29-15-14-19-4-2-3-5-23(19)29/h2-13H,14-17H2,1H3,(H,27,30)(H,28,31). The Bertz CT molecular complexity index is 1160. The van der Waals surface area contributed by atoms with Gasteiger partial charge < -0.3 is 15.5 Å². The molecule has 0 aromatic heterocycles. The molecule has 1 aliphatic heterocycles. The molecule has 0 atom stereocenters. The molecular formula is C26H25N3O3S. The molecule has 1 aliphatic rings. The van der Waals surface area contributed by atoms with Crippen LogP contribution in [-0.2, 0) is 16.0 Å². The third-order valence-corrected chi connectivity index (χ3v) is 6.28. The number of carbonyl (C=O) groups is 3. The van der Waals surface area contributed by atoms with Crippen molar-refractivity contribution in [2.24, 2.45) is 0 Å². The molecule has 0 radical (unpaired) electrons. The summed E-state index contributed by atoms with van der Waals surface area (Å²) in [5.74, 6) is -0.0508. The number of carbonyl (C=O) groups excluding carboxylic acids is 3. The van der Waals surface area contributed by atoms with Gasteiger partial charge >= 0.3 is 0 Å². The Kier molecular flexibility index (Phi) is 7.10. The molecule has 3 aromatic rings. The molecule has 4 rings (SSSR count). The van der Waals surface area contributed by atoms with Crippen LogP contribution in [0.25, 0.3) is 0 Å². The van der Waals surface area contributed by atoms with Gasteiger partial charge in [-0.3, -0.25) is 14.4 Å². The van der Waals surface area contributed by atoms with E-state index >= 15 is 0 Å². The number of aryl methyl sites for hydroxylation is 1. The lowest BCUT2D eigenvalue weighted by Crippen LogP contribution is -2.28. The molecule has 33 heavy (non-hydrogen) atoms. The van der Waals surface area contributed by atoms with Gasteiger partial charge in [0.05, 0.1) is 11.5 Å². The summed E-state index contributed by atoms with van der Waals surface area (Å²) < 4.78 is 0. The van der Waals surface area contributed by atoms with Crippen molar-refractivity contribution >= 4 is 46.5 Å². The van der Waals surface area contributed by atoms with Crippen molar-refractivity contribution in [3.05, 3.63) is 89.5 Å². The normalized spacial score (nSPS) is 12.2. The lowest BCUT2D eigenvalue weighted by atomic mass is 10.1. The third-order valence-electron chi connectivity index (χ3n) is 5.35. The molecule has 0 unspecified atom stereocenters. The molecule has 7 heteroatoms. The lowest BCUT2D eigenvalue weighted by Gasteiger charge is -2.17. The maximum absolute atomic E-state index is 12.9. The van der Waals surface area contributed by atoms with Crippen LogP contribution in [-0.4, -0.2) is 35.8 Å². The smallest absolute Gasteiger partial charge is 0.258 e. The topological polar surface area (TPSA) is 78.5 Å². The van der Waals surface area contributed by atoms with Gasteiger partial charge in [-0.1, -0.05) is 35.9 Å². The molecule has 0 bridgehead atoms. The Morgan fingerprint density at radius 3 is 2.03 bits per heavy atom. The number of hydrogen-bond donors (Lipinski definition) is 2. The van der Waals surface area contributed by atoms with Crippen molar-refractivity contribution in [1.29, 1.82) is 0 Å². The van der Waals surface area contributed by atoms with Gasteiger partial charge in [-0.05, 0) is 61.4 Å². The summed E-state index contributed by atoms with van der Waals surface area (Å²) in [6.45, 7) is 2.66. The second-order valence-electron chi connectivity index (χ2n) is 7.87. The van der Waals surface area contributed by atoms with Crippen LogP contribution < -0.4 is 15.5 Å². The summed E-state index contributed by atoms with van der Waals surface area (Å²) in [4.78, 5) is 38.9. The predicted octanol–water partition coefficient (Wildman–Crippen LogP) is 4.51. The van der Waals surface area contributed by atoms with E-state index in [1.165, 1.54) is 17.3 Å². The van der Waals surface area contributed by atoms with Crippen LogP contribution in [0.4, 0.5) is 17.1 Å². The number of thioether (sulfide) groups is 1. The van der Waals surface area contributed by atoms with Crippen molar-refractivity contribution < 1.29 is 14.4 Å². The minimum atomic E-state index is -0.198. The van der Waals surface area contributed by atoms with Gasteiger partial charge in [-0.15, -0.1) is 11.8 Å². The number of benzene rings is 3. The number of nitrogens with zero attached hydrogens (tertiary/aromatic N) is 1. The van der Waals surface area contributed by atoms with Gasteiger partial charge in [0.15, 0.2) is 0 Å². The number of amides is 3. The van der Waals surface area contributed by atoms with Gasteiger partial charge in [0.25, 0.3) is 5.91 Å². The second-order valence-corrected chi connectivity index (χ2v) is 8.85. The van der Waals surface area contributed by atoms with Gasteiger partial charge in [0.2, 0.25) is 11.8 Å². The first-order chi connectivity index (χ1) is 16.0. The number of fused-ring (bicyclic) bond motifs is 1. The van der Waals surface area contributed by atoms with Gasteiger partial charge in [0, 0.05) is 29.2 Å². The number of anilines is 3. The van der Waals surface area contributed by atoms with Crippen LogP contribution in [0, 0.1) is 6.92 Å². The summed E-state index contributed by atoms with van der Waals surface area (Å²) >= 11 is 1.24. The molecule has 1 heterocycles. The van der Waals surface area contributed by atoms with Crippen molar-refractivity contribution in [1.82, 2.24) is 0 Å². The quantitative estimate of drug-likeness (QED) is 0.545. The molecule has 0 saturated heterocycles. The monoisotopic (exact) mass is 459 g/mol. The molecule has 3 aromatic carbocycles. The highest BCUT2D eigenvalue weighted by Gasteiger charge is 2.25. The largest absolute Gasteiger partial charge is 0.325 e. The molecule has 2 N–H and O–H groups in total. The lowest BCUT2D eigenvalue weighted by molar-refractivity contribution is -0.114. The summed E-state index contributed by atoms with van der Waals surface area (Å²) in [6, 6.07) is 22.4. The highest BCUT2D eigenvalue weighted by Crippen LogP contribution is 2.29. The fourth-order valence-electron chi connectivity index (χ4n) is 3.67. The number of nitrogens with one attached hydrogen (secondary N) is 2. The van der Waals surface area contributed by atoms with E-state index in [4.69, 9.17) is 0 Å². The molecular weight excluding hydrogens is 434 g/mol. The first kappa shape index (κ1) is 22.6. The van der Waals surface area contributed by atoms with E-state index < -0.39 is 0 Å². The summed E-state index contributed by atoms with van der Waals surface area (Å²) in [7, 11) is 0. The minimum absolute atomic E-state index is 0.0482. The van der Waals surface area contributed by atoms with E-state index in [0.29, 0.717) is 17.8 Å². The third kappa shape index (κ3) is 5.81. The van der Waals surface area contributed by atoms with E-state index in [2.05, 4.69) is 10.6 Å². The average Bonchev–Trinajstić information content (AvgIpc) is 3.25. The zero-order valence-corrected chi connectivity index (χ0v) is 19.2. The molecule has 0 aliphatic carbocycles. The first-order valence-corrected chi connectivity index (χ1v) is 11.9. The highest BCUT2D eigenvalue weighted by atomic mass is 32.2. The van der Waals surface area contributed by atoms with E-state index in [0.717, 1.165) is 23.4 Å².